The van der Waals surface area contributed by atoms with Gasteiger partial charge in [-0.1, -0.05) is 76.6 Å². The Bertz CT molecular complexity index is 902. The average Bonchev–Trinajstić information content (AvgIpc) is 2.63. The summed E-state index contributed by atoms with van der Waals surface area (Å²) in [6.45, 7) is 1.98. The maximum absolute atomic E-state index is 13.0. The van der Waals surface area contributed by atoms with Gasteiger partial charge in [-0.15, -0.1) is 0 Å². The van der Waals surface area contributed by atoms with Crippen LogP contribution in [0, 0.1) is 6.92 Å². The molecule has 3 heteroatoms. The van der Waals surface area contributed by atoms with Crippen molar-refractivity contribution in [1.29, 1.82) is 0 Å². The fourth-order valence-corrected chi connectivity index (χ4v) is 3.05. The van der Waals surface area contributed by atoms with Crippen molar-refractivity contribution < 1.29 is 4.79 Å². The van der Waals surface area contributed by atoms with E-state index in [1.54, 1.807) is 0 Å². The standard InChI is InChI=1S/C22H18BrNO/c1-16-14-19(23)12-13-21(16)24-22(25)20(18-10-6-3-7-11-18)15-17-8-4-2-5-9-17/h2-15H,1H3,(H,24,25). The zero-order chi connectivity index (χ0) is 17.6. The summed E-state index contributed by atoms with van der Waals surface area (Å²) in [5.41, 5.74) is 4.33. The van der Waals surface area contributed by atoms with Crippen LogP contribution >= 0.6 is 15.9 Å². The molecule has 2 nitrogen and oxygen atoms in total. The molecule has 0 radical (unpaired) electrons. The summed E-state index contributed by atoms with van der Waals surface area (Å²) in [4.78, 5) is 13.0. The molecule has 25 heavy (non-hydrogen) atoms. The molecular weight excluding hydrogens is 374 g/mol. The van der Waals surface area contributed by atoms with Gasteiger partial charge >= 0.3 is 0 Å². The van der Waals surface area contributed by atoms with Crippen molar-refractivity contribution in [2.24, 2.45) is 0 Å². The maximum Gasteiger partial charge on any atom is 0.256 e. The van der Waals surface area contributed by atoms with Crippen molar-refractivity contribution in [3.8, 4) is 0 Å². The number of anilines is 1. The summed E-state index contributed by atoms with van der Waals surface area (Å²) in [5.74, 6) is -0.125. The number of amides is 1. The zero-order valence-electron chi connectivity index (χ0n) is 13.9. The first-order chi connectivity index (χ1) is 12.1. The number of carbonyl (C=O) groups is 1. The summed E-state index contributed by atoms with van der Waals surface area (Å²) in [5, 5.41) is 3.03. The van der Waals surface area contributed by atoms with E-state index in [1.165, 1.54) is 0 Å². The number of nitrogens with one attached hydrogen (secondary N) is 1. The molecule has 1 amide bonds. The van der Waals surface area contributed by atoms with E-state index >= 15 is 0 Å². The molecule has 0 spiro atoms. The first-order valence-electron chi connectivity index (χ1n) is 8.03. The van der Waals surface area contributed by atoms with Gasteiger partial charge in [-0.05, 0) is 47.9 Å². The Balaban J connectivity index is 1.97. The number of aryl methyl sites for hydroxylation is 1. The van der Waals surface area contributed by atoms with Crippen LogP contribution < -0.4 is 5.32 Å². The molecule has 3 aromatic rings. The Morgan fingerprint density at radius 2 is 1.56 bits per heavy atom. The summed E-state index contributed by atoms with van der Waals surface area (Å²) in [6.07, 6.45) is 1.92. The highest BCUT2D eigenvalue weighted by Gasteiger charge is 2.13. The fourth-order valence-electron chi connectivity index (χ4n) is 2.57. The van der Waals surface area contributed by atoms with Crippen LogP contribution in [0.5, 0.6) is 0 Å². The van der Waals surface area contributed by atoms with Crippen molar-refractivity contribution in [2.75, 3.05) is 5.32 Å². The van der Waals surface area contributed by atoms with Gasteiger partial charge < -0.3 is 5.32 Å². The van der Waals surface area contributed by atoms with Crippen LogP contribution in [0.2, 0.25) is 0 Å². The van der Waals surface area contributed by atoms with E-state index in [0.717, 1.165) is 26.9 Å². The Morgan fingerprint density at radius 1 is 0.920 bits per heavy atom. The van der Waals surface area contributed by atoms with Gasteiger partial charge in [0.1, 0.15) is 0 Å². The lowest BCUT2D eigenvalue weighted by molar-refractivity contribution is -0.111. The van der Waals surface area contributed by atoms with Crippen LogP contribution in [-0.2, 0) is 4.79 Å². The fraction of sp³-hybridized carbons (Fsp3) is 0.0455. The Labute approximate surface area is 156 Å². The molecule has 3 aromatic carbocycles. The summed E-state index contributed by atoms with van der Waals surface area (Å²) in [7, 11) is 0. The highest BCUT2D eigenvalue weighted by Crippen LogP contribution is 2.24. The van der Waals surface area contributed by atoms with Crippen molar-refractivity contribution in [3.05, 3.63) is 100 Å². The van der Waals surface area contributed by atoms with Crippen LogP contribution in [0.25, 0.3) is 11.6 Å². The highest BCUT2D eigenvalue weighted by molar-refractivity contribution is 9.10. The third-order valence-electron chi connectivity index (χ3n) is 3.88. The molecule has 3 rings (SSSR count). The van der Waals surface area contributed by atoms with Gasteiger partial charge in [-0.2, -0.15) is 0 Å². The number of hydrogen-bond donors (Lipinski definition) is 1. The van der Waals surface area contributed by atoms with Gasteiger partial charge in [0.15, 0.2) is 0 Å². The molecule has 0 heterocycles. The highest BCUT2D eigenvalue weighted by atomic mass is 79.9. The van der Waals surface area contributed by atoms with Gasteiger partial charge in [-0.3, -0.25) is 4.79 Å². The molecule has 0 aliphatic carbocycles. The quantitative estimate of drug-likeness (QED) is 0.432. The lowest BCUT2D eigenvalue weighted by Gasteiger charge is -2.12. The normalized spacial score (nSPS) is 11.2. The monoisotopic (exact) mass is 391 g/mol. The van der Waals surface area contributed by atoms with Crippen LogP contribution in [0.15, 0.2) is 83.3 Å². The van der Waals surface area contributed by atoms with Crippen LogP contribution in [0.4, 0.5) is 5.69 Å². The number of rotatable bonds is 4. The molecule has 0 aliphatic heterocycles. The third-order valence-corrected chi connectivity index (χ3v) is 4.37. The van der Waals surface area contributed by atoms with Gasteiger partial charge in [0.05, 0.1) is 0 Å². The largest absolute Gasteiger partial charge is 0.322 e. The predicted molar refractivity (Wildman–Crippen MR) is 108 cm³/mol. The molecule has 0 unspecified atom stereocenters. The second-order valence-corrected chi connectivity index (χ2v) is 6.66. The third kappa shape index (κ3) is 4.46. The minimum atomic E-state index is -0.125. The number of benzene rings is 3. The Kier molecular flexibility index (Phi) is 5.46. The zero-order valence-corrected chi connectivity index (χ0v) is 15.5. The van der Waals surface area contributed by atoms with Crippen molar-refractivity contribution in [1.82, 2.24) is 0 Å². The average molecular weight is 392 g/mol. The van der Waals surface area contributed by atoms with Crippen molar-refractivity contribution in [3.63, 3.8) is 0 Å². The van der Waals surface area contributed by atoms with Crippen LogP contribution in [0.1, 0.15) is 16.7 Å². The Hall–Kier alpha value is -2.65. The molecular formula is C22H18BrNO. The smallest absolute Gasteiger partial charge is 0.256 e. The molecule has 0 fully saturated rings. The topological polar surface area (TPSA) is 29.1 Å². The predicted octanol–water partition coefficient (Wildman–Crippen LogP) is 5.94. The van der Waals surface area contributed by atoms with E-state index in [4.69, 9.17) is 0 Å². The summed E-state index contributed by atoms with van der Waals surface area (Å²) >= 11 is 3.45. The molecule has 1 N–H and O–H groups in total. The maximum atomic E-state index is 13.0. The van der Waals surface area contributed by atoms with E-state index in [2.05, 4.69) is 21.2 Å². The van der Waals surface area contributed by atoms with Gasteiger partial charge in [0.2, 0.25) is 0 Å². The van der Waals surface area contributed by atoms with Gasteiger partial charge in [0, 0.05) is 15.7 Å². The molecule has 124 valence electrons. The van der Waals surface area contributed by atoms with Crippen molar-refractivity contribution in [2.45, 2.75) is 6.92 Å². The van der Waals surface area contributed by atoms with Crippen LogP contribution in [-0.4, -0.2) is 5.91 Å². The molecule has 0 aromatic heterocycles. The lowest BCUT2D eigenvalue weighted by atomic mass is 10.0. The number of carbonyl (C=O) groups excluding carboxylic acids is 1. The van der Waals surface area contributed by atoms with Gasteiger partial charge in [-0.25, -0.2) is 0 Å². The van der Waals surface area contributed by atoms with Gasteiger partial charge in [0.25, 0.3) is 5.91 Å². The summed E-state index contributed by atoms with van der Waals surface area (Å²) < 4.78 is 0.992. The molecule has 0 bridgehead atoms. The minimum Gasteiger partial charge on any atom is -0.322 e. The second kappa shape index (κ2) is 7.95. The van der Waals surface area contributed by atoms with E-state index < -0.39 is 0 Å². The number of halogens is 1. The first-order valence-corrected chi connectivity index (χ1v) is 8.82. The second-order valence-electron chi connectivity index (χ2n) is 5.75. The molecule has 0 saturated carbocycles. The molecule has 0 aliphatic rings. The van der Waals surface area contributed by atoms with E-state index in [9.17, 15) is 4.79 Å². The lowest BCUT2D eigenvalue weighted by Crippen LogP contribution is -2.14. The minimum absolute atomic E-state index is 0.125. The van der Waals surface area contributed by atoms with E-state index in [0.29, 0.717) is 5.57 Å². The van der Waals surface area contributed by atoms with Crippen molar-refractivity contribution >= 4 is 39.2 Å². The number of hydrogen-bond acceptors (Lipinski definition) is 1. The van der Waals surface area contributed by atoms with E-state index in [1.807, 2.05) is 91.9 Å². The van der Waals surface area contributed by atoms with E-state index in [-0.39, 0.29) is 5.91 Å². The summed E-state index contributed by atoms with van der Waals surface area (Å²) in [6, 6.07) is 25.4. The van der Waals surface area contributed by atoms with Crippen LogP contribution in [0.3, 0.4) is 0 Å². The molecule has 0 atom stereocenters. The Morgan fingerprint density at radius 3 is 2.20 bits per heavy atom. The SMILES string of the molecule is Cc1cc(Br)ccc1NC(=O)C(=Cc1ccccc1)c1ccccc1. The first kappa shape index (κ1) is 17.2. The molecule has 0 saturated heterocycles.